The van der Waals surface area contributed by atoms with Crippen molar-refractivity contribution in [1.29, 1.82) is 0 Å². The fourth-order valence-corrected chi connectivity index (χ4v) is 2.89. The standard InChI is InChI=1S/C18H12Cl2F3N3O/c19-12-7-4-8-13(20)16(12)25-17-24-14(18(21,22)23)9-15(27)26(17)10-11-5-2-1-3-6-11/h1-9H,10H2,(H,24,25). The summed E-state index contributed by atoms with van der Waals surface area (Å²) in [5.41, 5.74) is -1.28. The highest BCUT2D eigenvalue weighted by Crippen LogP contribution is 2.33. The summed E-state index contributed by atoms with van der Waals surface area (Å²) in [6, 6.07) is 13.9. The summed E-state index contributed by atoms with van der Waals surface area (Å²) in [4.78, 5) is 16.0. The number of aromatic nitrogens is 2. The van der Waals surface area contributed by atoms with Crippen LogP contribution in [-0.4, -0.2) is 9.55 Å². The van der Waals surface area contributed by atoms with Gasteiger partial charge in [0, 0.05) is 6.07 Å². The Balaban J connectivity index is 2.13. The third-order valence-electron chi connectivity index (χ3n) is 3.68. The number of anilines is 2. The highest BCUT2D eigenvalue weighted by atomic mass is 35.5. The second-order valence-corrected chi connectivity index (χ2v) is 6.41. The number of hydrogen-bond donors (Lipinski definition) is 1. The van der Waals surface area contributed by atoms with Crippen LogP contribution >= 0.6 is 23.2 Å². The van der Waals surface area contributed by atoms with Gasteiger partial charge in [0.05, 0.1) is 22.3 Å². The van der Waals surface area contributed by atoms with Gasteiger partial charge in [-0.3, -0.25) is 9.36 Å². The number of para-hydroxylation sites is 1. The first kappa shape index (κ1) is 19.3. The third-order valence-corrected chi connectivity index (χ3v) is 4.31. The van der Waals surface area contributed by atoms with E-state index in [1.807, 2.05) is 0 Å². The Morgan fingerprint density at radius 1 is 1.00 bits per heavy atom. The first-order chi connectivity index (χ1) is 12.8. The molecule has 0 atom stereocenters. The SMILES string of the molecule is O=c1cc(C(F)(F)F)nc(Nc2c(Cl)cccc2Cl)n1Cc1ccccc1. The van der Waals surface area contributed by atoms with Gasteiger partial charge in [0.1, 0.15) is 0 Å². The molecule has 0 fully saturated rings. The number of benzene rings is 2. The van der Waals surface area contributed by atoms with Crippen LogP contribution in [0.2, 0.25) is 10.0 Å². The maximum absolute atomic E-state index is 13.1. The van der Waals surface area contributed by atoms with E-state index in [1.165, 1.54) is 12.1 Å². The molecule has 0 aliphatic heterocycles. The zero-order valence-corrected chi connectivity index (χ0v) is 15.1. The van der Waals surface area contributed by atoms with Crippen LogP contribution < -0.4 is 10.9 Å². The zero-order valence-electron chi connectivity index (χ0n) is 13.6. The molecule has 9 heteroatoms. The molecule has 0 aliphatic rings. The largest absolute Gasteiger partial charge is 0.433 e. The van der Waals surface area contributed by atoms with E-state index in [0.29, 0.717) is 6.07 Å². The predicted octanol–water partition coefficient (Wildman–Crippen LogP) is 5.36. The molecule has 0 spiro atoms. The Labute approximate surface area is 162 Å². The van der Waals surface area contributed by atoms with Crippen molar-refractivity contribution >= 4 is 34.8 Å². The van der Waals surface area contributed by atoms with E-state index < -0.39 is 17.4 Å². The first-order valence-corrected chi connectivity index (χ1v) is 8.45. The van der Waals surface area contributed by atoms with Crippen molar-refractivity contribution in [3.05, 3.63) is 86.3 Å². The average Bonchev–Trinajstić information content (AvgIpc) is 2.60. The predicted molar refractivity (Wildman–Crippen MR) is 98.8 cm³/mol. The number of alkyl halides is 3. The molecular weight excluding hydrogens is 402 g/mol. The van der Waals surface area contributed by atoms with Gasteiger partial charge in [0.2, 0.25) is 5.95 Å². The van der Waals surface area contributed by atoms with E-state index >= 15 is 0 Å². The minimum Gasteiger partial charge on any atom is -0.323 e. The molecule has 140 valence electrons. The van der Waals surface area contributed by atoms with Gasteiger partial charge in [-0.2, -0.15) is 13.2 Å². The summed E-state index contributed by atoms with van der Waals surface area (Å²) in [5, 5.41) is 3.03. The van der Waals surface area contributed by atoms with Crippen molar-refractivity contribution in [3.63, 3.8) is 0 Å². The molecule has 27 heavy (non-hydrogen) atoms. The molecule has 4 nitrogen and oxygen atoms in total. The molecule has 0 unspecified atom stereocenters. The van der Waals surface area contributed by atoms with Crippen LogP contribution in [0.15, 0.2) is 59.4 Å². The topological polar surface area (TPSA) is 46.9 Å². The van der Waals surface area contributed by atoms with Gasteiger partial charge < -0.3 is 5.32 Å². The number of nitrogens with zero attached hydrogens (tertiary/aromatic N) is 2. The van der Waals surface area contributed by atoms with Crippen LogP contribution in [0, 0.1) is 0 Å². The normalized spacial score (nSPS) is 11.4. The van der Waals surface area contributed by atoms with Crippen LogP contribution in [0.1, 0.15) is 11.3 Å². The van der Waals surface area contributed by atoms with Gasteiger partial charge in [-0.25, -0.2) is 4.98 Å². The molecule has 1 N–H and O–H groups in total. The summed E-state index contributed by atoms with van der Waals surface area (Å²) in [5.74, 6) is -0.311. The lowest BCUT2D eigenvalue weighted by atomic mass is 10.2. The van der Waals surface area contributed by atoms with Crippen molar-refractivity contribution in [2.75, 3.05) is 5.32 Å². The molecule has 1 aromatic heterocycles. The van der Waals surface area contributed by atoms with E-state index in [4.69, 9.17) is 23.2 Å². The molecule has 3 rings (SSSR count). The fourth-order valence-electron chi connectivity index (χ4n) is 2.39. The molecule has 0 saturated heterocycles. The van der Waals surface area contributed by atoms with Gasteiger partial charge in [-0.15, -0.1) is 0 Å². The van der Waals surface area contributed by atoms with Crippen molar-refractivity contribution in [1.82, 2.24) is 9.55 Å². The Hall–Kier alpha value is -2.51. The van der Waals surface area contributed by atoms with Crippen LogP contribution in [0.5, 0.6) is 0 Å². The minimum absolute atomic E-state index is 0.0230. The maximum Gasteiger partial charge on any atom is 0.433 e. The van der Waals surface area contributed by atoms with Gasteiger partial charge in [-0.05, 0) is 17.7 Å². The molecule has 3 aromatic rings. The second-order valence-electron chi connectivity index (χ2n) is 5.59. The Morgan fingerprint density at radius 2 is 1.63 bits per heavy atom. The third kappa shape index (κ3) is 4.43. The Bertz CT molecular complexity index is 1000. The summed E-state index contributed by atoms with van der Waals surface area (Å²) in [6.45, 7) is 0.0230. The van der Waals surface area contributed by atoms with Gasteiger partial charge >= 0.3 is 6.18 Å². The quantitative estimate of drug-likeness (QED) is 0.625. The highest BCUT2D eigenvalue weighted by molar-refractivity contribution is 6.39. The number of rotatable bonds is 4. The van der Waals surface area contributed by atoms with Gasteiger partial charge in [0.25, 0.3) is 5.56 Å². The maximum atomic E-state index is 13.1. The van der Waals surface area contributed by atoms with E-state index in [-0.39, 0.29) is 28.2 Å². The lowest BCUT2D eigenvalue weighted by Gasteiger charge is -2.17. The monoisotopic (exact) mass is 413 g/mol. The zero-order chi connectivity index (χ0) is 19.6. The van der Waals surface area contributed by atoms with Gasteiger partial charge in [0.15, 0.2) is 5.69 Å². The lowest BCUT2D eigenvalue weighted by Crippen LogP contribution is -2.27. The summed E-state index contributed by atoms with van der Waals surface area (Å²) >= 11 is 12.2. The highest BCUT2D eigenvalue weighted by Gasteiger charge is 2.34. The Morgan fingerprint density at radius 3 is 2.22 bits per heavy atom. The molecule has 0 radical (unpaired) electrons. The summed E-state index contributed by atoms with van der Waals surface area (Å²) in [7, 11) is 0. The van der Waals surface area contributed by atoms with E-state index in [9.17, 15) is 18.0 Å². The average molecular weight is 414 g/mol. The molecule has 0 bridgehead atoms. The van der Waals surface area contributed by atoms with Crippen molar-refractivity contribution in [2.24, 2.45) is 0 Å². The molecule has 2 aromatic carbocycles. The van der Waals surface area contributed by atoms with Crippen LogP contribution in [-0.2, 0) is 12.7 Å². The summed E-state index contributed by atoms with van der Waals surface area (Å²) in [6.07, 6.45) is -4.77. The van der Waals surface area contributed by atoms with Crippen molar-refractivity contribution in [3.8, 4) is 0 Å². The second kappa shape index (κ2) is 7.62. The smallest absolute Gasteiger partial charge is 0.323 e. The van der Waals surface area contributed by atoms with E-state index in [1.54, 1.807) is 36.4 Å². The first-order valence-electron chi connectivity index (χ1n) is 7.70. The lowest BCUT2D eigenvalue weighted by molar-refractivity contribution is -0.141. The molecule has 1 heterocycles. The number of nitrogens with one attached hydrogen (secondary N) is 1. The molecular formula is C18H12Cl2F3N3O. The van der Waals surface area contributed by atoms with E-state index in [2.05, 4.69) is 10.3 Å². The van der Waals surface area contributed by atoms with Crippen molar-refractivity contribution in [2.45, 2.75) is 12.7 Å². The summed E-state index contributed by atoms with van der Waals surface area (Å²) < 4.78 is 40.4. The molecule has 0 saturated carbocycles. The minimum atomic E-state index is -4.77. The van der Waals surface area contributed by atoms with Crippen LogP contribution in [0.25, 0.3) is 0 Å². The van der Waals surface area contributed by atoms with Crippen molar-refractivity contribution < 1.29 is 13.2 Å². The van der Waals surface area contributed by atoms with E-state index in [0.717, 1.165) is 10.1 Å². The van der Waals surface area contributed by atoms with Crippen LogP contribution in [0.4, 0.5) is 24.8 Å². The fraction of sp³-hybridized carbons (Fsp3) is 0.111. The Kier molecular flexibility index (Phi) is 5.43. The van der Waals surface area contributed by atoms with Gasteiger partial charge in [-0.1, -0.05) is 59.6 Å². The number of hydrogen-bond acceptors (Lipinski definition) is 3. The molecule has 0 aliphatic carbocycles. The molecule has 0 amide bonds. The number of halogens is 5. The van der Waals surface area contributed by atoms with Crippen LogP contribution in [0.3, 0.4) is 0 Å².